The molecule has 4 nitrogen and oxygen atoms in total. The molecule has 1 N–H and O–H groups in total. The Hall–Kier alpha value is -3.02. The summed E-state index contributed by atoms with van der Waals surface area (Å²) < 4.78 is 29.3. The molecule has 0 atom stereocenters. The van der Waals surface area contributed by atoms with Crippen LogP contribution in [-0.4, -0.2) is 19.7 Å². The maximum Gasteiger partial charge on any atom is 0.159 e. The fourth-order valence-corrected chi connectivity index (χ4v) is 3.55. The smallest absolute Gasteiger partial charge is 0.159 e. The second-order valence-corrected chi connectivity index (χ2v) is 6.28. The van der Waals surface area contributed by atoms with Crippen molar-refractivity contribution in [2.24, 2.45) is 0 Å². The highest BCUT2D eigenvalue weighted by Gasteiger charge is 2.24. The van der Waals surface area contributed by atoms with Gasteiger partial charge in [0.2, 0.25) is 0 Å². The minimum atomic E-state index is -0.859. The summed E-state index contributed by atoms with van der Waals surface area (Å²) in [6.45, 7) is 0.880. The summed E-state index contributed by atoms with van der Waals surface area (Å²) in [6.07, 6.45) is 3.71. The molecule has 1 aliphatic rings. The summed E-state index contributed by atoms with van der Waals surface area (Å²) in [4.78, 5) is 4.73. The first-order chi connectivity index (χ1) is 12.2. The Balaban J connectivity index is 1.76. The molecular weight excluding hydrogens is 322 g/mol. The number of benzene rings is 2. The van der Waals surface area contributed by atoms with E-state index in [1.54, 1.807) is 12.3 Å². The number of halogens is 2. The Bertz CT molecular complexity index is 1110. The van der Waals surface area contributed by atoms with E-state index < -0.39 is 11.6 Å². The van der Waals surface area contributed by atoms with Gasteiger partial charge >= 0.3 is 0 Å². The van der Waals surface area contributed by atoms with Crippen molar-refractivity contribution in [1.82, 2.24) is 19.7 Å². The fraction of sp³-hybridized carbons (Fsp3) is 0.158. The molecule has 124 valence electrons. The fourth-order valence-electron chi connectivity index (χ4n) is 3.55. The third kappa shape index (κ3) is 2.17. The lowest BCUT2D eigenvalue weighted by Gasteiger charge is -2.09. The molecule has 0 fully saturated rings. The Labute approximate surface area is 142 Å². The van der Waals surface area contributed by atoms with E-state index in [0.717, 1.165) is 53.4 Å². The van der Waals surface area contributed by atoms with E-state index in [4.69, 9.17) is 4.98 Å². The maximum atomic E-state index is 13.7. The minimum absolute atomic E-state index is 0.586. The molecule has 0 amide bonds. The molecule has 0 saturated heterocycles. The number of hydrogen-bond acceptors (Lipinski definition) is 2. The third-order valence-electron chi connectivity index (χ3n) is 4.74. The second-order valence-electron chi connectivity index (χ2n) is 6.28. The Morgan fingerprint density at radius 2 is 1.88 bits per heavy atom. The normalized spacial score (nSPS) is 13.5. The summed E-state index contributed by atoms with van der Waals surface area (Å²) in [5.41, 5.74) is 4.18. The molecule has 2 aromatic heterocycles. The van der Waals surface area contributed by atoms with Gasteiger partial charge in [0, 0.05) is 29.5 Å². The van der Waals surface area contributed by atoms with Crippen molar-refractivity contribution in [1.29, 1.82) is 0 Å². The van der Waals surface area contributed by atoms with Gasteiger partial charge in [-0.2, -0.15) is 5.10 Å². The van der Waals surface area contributed by atoms with Crippen LogP contribution in [0.1, 0.15) is 12.2 Å². The van der Waals surface area contributed by atoms with Crippen LogP contribution < -0.4 is 0 Å². The van der Waals surface area contributed by atoms with Gasteiger partial charge < -0.3 is 4.57 Å². The molecule has 0 aliphatic carbocycles. The number of hydrogen-bond donors (Lipinski definition) is 1. The molecule has 3 heterocycles. The molecule has 6 heteroatoms. The molecule has 4 aromatic rings. The number of aryl methyl sites for hydroxylation is 1. The van der Waals surface area contributed by atoms with E-state index in [2.05, 4.69) is 14.8 Å². The zero-order chi connectivity index (χ0) is 17.0. The van der Waals surface area contributed by atoms with Crippen LogP contribution in [0, 0.1) is 11.6 Å². The van der Waals surface area contributed by atoms with Gasteiger partial charge in [0.05, 0.1) is 23.1 Å². The number of nitrogens with one attached hydrogen (secondary N) is 1. The van der Waals surface area contributed by atoms with Crippen molar-refractivity contribution >= 4 is 10.9 Å². The Morgan fingerprint density at radius 3 is 2.76 bits per heavy atom. The summed E-state index contributed by atoms with van der Waals surface area (Å²) in [7, 11) is 0. The molecule has 0 unspecified atom stereocenters. The Morgan fingerprint density at radius 1 is 1.00 bits per heavy atom. The van der Waals surface area contributed by atoms with Crippen molar-refractivity contribution in [2.75, 3.05) is 0 Å². The predicted octanol–water partition coefficient (Wildman–Crippen LogP) is 4.32. The maximum absolute atomic E-state index is 13.7. The van der Waals surface area contributed by atoms with Gasteiger partial charge in [-0.1, -0.05) is 6.07 Å². The van der Waals surface area contributed by atoms with Crippen molar-refractivity contribution in [3.8, 4) is 22.5 Å². The monoisotopic (exact) mass is 336 g/mol. The number of aromatic nitrogens is 4. The standard InChI is InChI=1S/C19H14F2N4/c20-14-5-3-11(9-15(14)21)18-19(25-7-1-2-17(25)23-18)12-4-6-16-13(8-12)10-22-24-16/h3-6,8-10H,1-2,7H2,(H,22,24). The van der Waals surface area contributed by atoms with Crippen LogP contribution in [0.25, 0.3) is 33.4 Å². The van der Waals surface area contributed by atoms with Crippen molar-refractivity contribution < 1.29 is 8.78 Å². The minimum Gasteiger partial charge on any atom is -0.327 e. The average Bonchev–Trinajstić information content (AvgIpc) is 3.31. The van der Waals surface area contributed by atoms with E-state index >= 15 is 0 Å². The lowest BCUT2D eigenvalue weighted by Crippen LogP contribution is -1.96. The summed E-state index contributed by atoms with van der Waals surface area (Å²) in [6, 6.07) is 9.97. The first-order valence-electron chi connectivity index (χ1n) is 8.19. The van der Waals surface area contributed by atoms with Gasteiger partial charge in [-0.15, -0.1) is 0 Å². The van der Waals surface area contributed by atoms with Gasteiger partial charge in [-0.05, 0) is 36.8 Å². The quantitative estimate of drug-likeness (QED) is 0.593. The number of aromatic amines is 1. The van der Waals surface area contributed by atoms with Crippen LogP contribution in [0.4, 0.5) is 8.78 Å². The number of H-pyrrole nitrogens is 1. The molecular formula is C19H14F2N4. The van der Waals surface area contributed by atoms with E-state index in [0.29, 0.717) is 11.3 Å². The summed E-state index contributed by atoms with van der Waals surface area (Å²) in [5.74, 6) is -0.721. The largest absolute Gasteiger partial charge is 0.327 e. The van der Waals surface area contributed by atoms with Gasteiger partial charge in [-0.25, -0.2) is 13.8 Å². The number of rotatable bonds is 2. The highest BCUT2D eigenvalue weighted by Crippen LogP contribution is 2.36. The predicted molar refractivity (Wildman–Crippen MR) is 91.0 cm³/mol. The van der Waals surface area contributed by atoms with E-state index in [1.807, 2.05) is 18.2 Å². The summed E-state index contributed by atoms with van der Waals surface area (Å²) >= 11 is 0. The lowest BCUT2D eigenvalue weighted by atomic mass is 10.0. The zero-order valence-corrected chi connectivity index (χ0v) is 13.3. The molecule has 2 aromatic carbocycles. The van der Waals surface area contributed by atoms with Crippen LogP contribution in [0.15, 0.2) is 42.6 Å². The second kappa shape index (κ2) is 5.24. The molecule has 0 bridgehead atoms. The van der Waals surface area contributed by atoms with Crippen LogP contribution in [-0.2, 0) is 13.0 Å². The molecule has 0 spiro atoms. The molecule has 1 aliphatic heterocycles. The zero-order valence-electron chi connectivity index (χ0n) is 13.3. The first-order valence-corrected chi connectivity index (χ1v) is 8.19. The van der Waals surface area contributed by atoms with Crippen LogP contribution >= 0.6 is 0 Å². The molecule has 5 rings (SSSR count). The van der Waals surface area contributed by atoms with E-state index in [1.165, 1.54) is 6.07 Å². The average molecular weight is 336 g/mol. The van der Waals surface area contributed by atoms with Crippen LogP contribution in [0.5, 0.6) is 0 Å². The SMILES string of the molecule is Fc1ccc(-c2nc3n(c2-c2ccc4[nH]ncc4c2)CCC3)cc1F. The van der Waals surface area contributed by atoms with Gasteiger partial charge in [-0.3, -0.25) is 5.10 Å². The molecule has 25 heavy (non-hydrogen) atoms. The first kappa shape index (κ1) is 14.3. The Kier molecular flexibility index (Phi) is 3.00. The lowest BCUT2D eigenvalue weighted by molar-refractivity contribution is 0.509. The van der Waals surface area contributed by atoms with Crippen LogP contribution in [0.2, 0.25) is 0 Å². The molecule has 0 saturated carbocycles. The topological polar surface area (TPSA) is 46.5 Å². The number of nitrogens with zero attached hydrogens (tertiary/aromatic N) is 3. The molecule has 0 radical (unpaired) electrons. The van der Waals surface area contributed by atoms with Gasteiger partial charge in [0.1, 0.15) is 5.82 Å². The van der Waals surface area contributed by atoms with Crippen LogP contribution in [0.3, 0.4) is 0 Å². The summed E-state index contributed by atoms with van der Waals surface area (Å²) in [5, 5.41) is 8.00. The number of fused-ring (bicyclic) bond motifs is 2. The third-order valence-corrected chi connectivity index (χ3v) is 4.74. The van der Waals surface area contributed by atoms with Crippen molar-refractivity contribution in [2.45, 2.75) is 19.4 Å². The van der Waals surface area contributed by atoms with Crippen molar-refractivity contribution in [3.05, 3.63) is 60.1 Å². The van der Waals surface area contributed by atoms with E-state index in [9.17, 15) is 8.78 Å². The highest BCUT2D eigenvalue weighted by atomic mass is 19.2. The van der Waals surface area contributed by atoms with Gasteiger partial charge in [0.25, 0.3) is 0 Å². The number of imidazole rings is 1. The van der Waals surface area contributed by atoms with Gasteiger partial charge in [0.15, 0.2) is 11.6 Å². The van der Waals surface area contributed by atoms with E-state index in [-0.39, 0.29) is 0 Å². The highest BCUT2D eigenvalue weighted by molar-refractivity contribution is 5.87. The van der Waals surface area contributed by atoms with Crippen molar-refractivity contribution in [3.63, 3.8) is 0 Å².